The van der Waals surface area contributed by atoms with Gasteiger partial charge in [0.05, 0.1) is 0 Å². The molecule has 0 unspecified atom stereocenters. The lowest BCUT2D eigenvalue weighted by Gasteiger charge is -2.25. The number of aryl methyl sites for hydroxylation is 2. The van der Waals surface area contributed by atoms with Crippen LogP contribution < -0.4 is 0 Å². The highest BCUT2D eigenvalue weighted by molar-refractivity contribution is 5.99. The number of ketones is 1. The van der Waals surface area contributed by atoms with E-state index in [9.17, 15) is 4.79 Å². The van der Waals surface area contributed by atoms with Crippen LogP contribution in [0.2, 0.25) is 0 Å². The van der Waals surface area contributed by atoms with Crippen LogP contribution in [-0.2, 0) is 12.8 Å². The minimum absolute atomic E-state index is 0.317. The number of rotatable bonds is 4. The van der Waals surface area contributed by atoms with E-state index in [1.165, 1.54) is 17.5 Å². The molecule has 0 aliphatic heterocycles. The zero-order valence-electron chi connectivity index (χ0n) is 10.3. The topological polar surface area (TPSA) is 17.1 Å². The van der Waals surface area contributed by atoms with Crippen LogP contribution in [0.15, 0.2) is 18.2 Å². The van der Waals surface area contributed by atoms with Crippen molar-refractivity contribution in [3.63, 3.8) is 0 Å². The van der Waals surface area contributed by atoms with E-state index in [0.717, 1.165) is 31.2 Å². The summed E-state index contributed by atoms with van der Waals surface area (Å²) in [5.41, 5.74) is 3.49. The van der Waals surface area contributed by atoms with E-state index in [4.69, 9.17) is 0 Å². The van der Waals surface area contributed by atoms with Crippen LogP contribution in [-0.4, -0.2) is 5.78 Å². The van der Waals surface area contributed by atoms with Crippen LogP contribution in [0.3, 0.4) is 0 Å². The molecule has 1 aliphatic carbocycles. The van der Waals surface area contributed by atoms with Crippen molar-refractivity contribution >= 4 is 5.78 Å². The second-order valence-electron chi connectivity index (χ2n) is 4.69. The standard InChI is InChI=1S/C15H20O/c1-3-11-8-9-12(4-2)14(10-11)15(16)13-6-5-7-13/h8-10,13H,3-7H2,1-2H3. The fourth-order valence-corrected chi connectivity index (χ4v) is 2.27. The van der Waals surface area contributed by atoms with E-state index in [2.05, 4.69) is 32.0 Å². The highest BCUT2D eigenvalue weighted by Gasteiger charge is 2.27. The van der Waals surface area contributed by atoms with Gasteiger partial charge in [-0.15, -0.1) is 0 Å². The summed E-state index contributed by atoms with van der Waals surface area (Å²) in [7, 11) is 0. The zero-order chi connectivity index (χ0) is 11.5. The maximum atomic E-state index is 12.3. The van der Waals surface area contributed by atoms with Crippen molar-refractivity contribution in [1.29, 1.82) is 0 Å². The summed E-state index contributed by atoms with van der Waals surface area (Å²) < 4.78 is 0. The maximum Gasteiger partial charge on any atom is 0.166 e. The highest BCUT2D eigenvalue weighted by atomic mass is 16.1. The van der Waals surface area contributed by atoms with E-state index in [-0.39, 0.29) is 0 Å². The van der Waals surface area contributed by atoms with Gasteiger partial charge in [0.15, 0.2) is 5.78 Å². The van der Waals surface area contributed by atoms with Crippen LogP contribution in [0.5, 0.6) is 0 Å². The summed E-state index contributed by atoms with van der Waals surface area (Å²) in [4.78, 5) is 12.3. The Morgan fingerprint density at radius 3 is 2.50 bits per heavy atom. The third kappa shape index (κ3) is 2.04. The zero-order valence-corrected chi connectivity index (χ0v) is 10.3. The summed E-state index contributed by atoms with van der Waals surface area (Å²) in [6, 6.07) is 6.39. The molecule has 1 saturated carbocycles. The Morgan fingerprint density at radius 1 is 1.25 bits per heavy atom. The van der Waals surface area contributed by atoms with E-state index < -0.39 is 0 Å². The monoisotopic (exact) mass is 216 g/mol. The summed E-state index contributed by atoms with van der Waals surface area (Å²) >= 11 is 0. The second-order valence-corrected chi connectivity index (χ2v) is 4.69. The van der Waals surface area contributed by atoms with Crippen LogP contribution in [0.25, 0.3) is 0 Å². The van der Waals surface area contributed by atoms with Gasteiger partial charge in [-0.1, -0.05) is 32.4 Å². The average molecular weight is 216 g/mol. The SMILES string of the molecule is CCc1ccc(CC)c(C(=O)C2CCC2)c1. The van der Waals surface area contributed by atoms with E-state index >= 15 is 0 Å². The molecule has 1 aliphatic rings. The molecule has 1 nitrogen and oxygen atoms in total. The molecule has 2 rings (SSSR count). The van der Waals surface area contributed by atoms with Crippen molar-refractivity contribution in [1.82, 2.24) is 0 Å². The third-order valence-corrected chi connectivity index (χ3v) is 3.70. The Balaban J connectivity index is 2.31. The predicted molar refractivity (Wildman–Crippen MR) is 66.9 cm³/mol. The molecule has 0 amide bonds. The minimum Gasteiger partial charge on any atom is -0.294 e. The van der Waals surface area contributed by atoms with Gasteiger partial charge >= 0.3 is 0 Å². The first kappa shape index (κ1) is 11.4. The molecule has 0 radical (unpaired) electrons. The summed E-state index contributed by atoms with van der Waals surface area (Å²) in [6.07, 6.45) is 5.38. The molecule has 16 heavy (non-hydrogen) atoms. The Labute approximate surface area is 97.9 Å². The second kappa shape index (κ2) is 4.82. The minimum atomic E-state index is 0.317. The molecule has 1 aromatic carbocycles. The fraction of sp³-hybridized carbons (Fsp3) is 0.533. The van der Waals surface area contributed by atoms with Crippen LogP contribution >= 0.6 is 0 Å². The molecule has 1 fully saturated rings. The summed E-state index contributed by atoms with van der Waals surface area (Å²) in [5.74, 6) is 0.704. The molecule has 86 valence electrons. The largest absolute Gasteiger partial charge is 0.294 e. The lowest BCUT2D eigenvalue weighted by molar-refractivity contribution is 0.0854. The first-order chi connectivity index (χ1) is 7.76. The molecule has 0 heterocycles. The smallest absolute Gasteiger partial charge is 0.166 e. The Bertz CT molecular complexity index is 388. The highest BCUT2D eigenvalue weighted by Crippen LogP contribution is 2.31. The molecule has 0 N–H and O–H groups in total. The molecular formula is C15H20O. The van der Waals surface area contributed by atoms with Crippen molar-refractivity contribution in [2.24, 2.45) is 5.92 Å². The van der Waals surface area contributed by atoms with Gasteiger partial charge in [0.1, 0.15) is 0 Å². The lowest BCUT2D eigenvalue weighted by Crippen LogP contribution is -2.23. The van der Waals surface area contributed by atoms with E-state index in [0.29, 0.717) is 11.7 Å². The Morgan fingerprint density at radius 2 is 2.00 bits per heavy atom. The molecule has 0 spiro atoms. The number of carbonyl (C=O) groups excluding carboxylic acids is 1. The van der Waals surface area contributed by atoms with Gasteiger partial charge in [0.2, 0.25) is 0 Å². The quantitative estimate of drug-likeness (QED) is 0.700. The number of Topliss-reactive ketones (excluding diaryl/α,β-unsaturated/α-hetero) is 1. The van der Waals surface area contributed by atoms with Gasteiger partial charge < -0.3 is 0 Å². The number of hydrogen-bond acceptors (Lipinski definition) is 1. The molecular weight excluding hydrogens is 196 g/mol. The number of hydrogen-bond donors (Lipinski definition) is 0. The van der Waals surface area contributed by atoms with Crippen LogP contribution in [0.4, 0.5) is 0 Å². The van der Waals surface area contributed by atoms with Crippen molar-refractivity contribution < 1.29 is 4.79 Å². The molecule has 0 aromatic heterocycles. The molecule has 0 saturated heterocycles. The molecule has 0 bridgehead atoms. The first-order valence-electron chi connectivity index (χ1n) is 6.42. The van der Waals surface area contributed by atoms with Crippen molar-refractivity contribution in [3.8, 4) is 0 Å². The fourth-order valence-electron chi connectivity index (χ4n) is 2.27. The van der Waals surface area contributed by atoms with Gasteiger partial charge in [0.25, 0.3) is 0 Å². The number of carbonyl (C=O) groups is 1. The molecule has 1 heteroatoms. The van der Waals surface area contributed by atoms with Crippen molar-refractivity contribution in [2.75, 3.05) is 0 Å². The van der Waals surface area contributed by atoms with Crippen molar-refractivity contribution in [3.05, 3.63) is 34.9 Å². The average Bonchev–Trinajstić information content (AvgIpc) is 2.25. The third-order valence-electron chi connectivity index (χ3n) is 3.70. The molecule has 1 aromatic rings. The summed E-state index contributed by atoms with van der Waals surface area (Å²) in [5, 5.41) is 0. The first-order valence-corrected chi connectivity index (χ1v) is 6.42. The normalized spacial score (nSPS) is 15.9. The van der Waals surface area contributed by atoms with Gasteiger partial charge in [-0.3, -0.25) is 4.79 Å². The Kier molecular flexibility index (Phi) is 3.42. The van der Waals surface area contributed by atoms with E-state index in [1.54, 1.807) is 0 Å². The maximum absolute atomic E-state index is 12.3. The Hall–Kier alpha value is -1.11. The van der Waals surface area contributed by atoms with Crippen molar-refractivity contribution in [2.45, 2.75) is 46.0 Å². The van der Waals surface area contributed by atoms with Crippen LogP contribution in [0.1, 0.15) is 54.6 Å². The van der Waals surface area contributed by atoms with Gasteiger partial charge in [-0.2, -0.15) is 0 Å². The summed E-state index contributed by atoms with van der Waals surface area (Å²) in [6.45, 7) is 4.26. The number of benzene rings is 1. The predicted octanol–water partition coefficient (Wildman–Crippen LogP) is 3.79. The van der Waals surface area contributed by atoms with Gasteiger partial charge in [-0.25, -0.2) is 0 Å². The van der Waals surface area contributed by atoms with Gasteiger partial charge in [0, 0.05) is 11.5 Å². The molecule has 0 atom stereocenters. The van der Waals surface area contributed by atoms with Gasteiger partial charge in [-0.05, 0) is 42.9 Å². The van der Waals surface area contributed by atoms with Crippen LogP contribution in [0, 0.1) is 5.92 Å². The van der Waals surface area contributed by atoms with E-state index in [1.807, 2.05) is 0 Å². The lowest BCUT2D eigenvalue weighted by atomic mass is 9.78.